The third-order valence-electron chi connectivity index (χ3n) is 20.2. The van der Waals surface area contributed by atoms with Gasteiger partial charge in [-0.15, -0.1) is 38.5 Å². The Bertz CT molecular complexity index is 5170. The Balaban J connectivity index is 0.000000514. The number of hydrogen-bond donors (Lipinski definition) is 9. The number of anilines is 4. The maximum absolute atomic E-state index is 13.2. The molecule has 11 N–H and O–H groups in total. The van der Waals surface area contributed by atoms with Crippen molar-refractivity contribution in [1.29, 1.82) is 0 Å². The molecule has 6 aromatic rings. The third kappa shape index (κ3) is 55.5. The maximum Gasteiger partial charge on any atom is 0.329 e. The summed E-state index contributed by atoms with van der Waals surface area (Å²) in [6, 6.07) is 10.6. The molecule has 0 spiro atoms. The third-order valence-corrected chi connectivity index (χ3v) is 20.2. The number of aromatic amines is 2. The molecule has 146 heavy (non-hydrogen) atoms. The fourth-order valence-corrected chi connectivity index (χ4v) is 13.2. The SMILES string of the molecule is C#CCOCC(COCC#C)(COCC#C)CC(=O)CCOCCOCCOCCOCCOCCOCCCC(=O)CC[C@H](NC(=O)c1ccc(NCc2cnc3nc(N)[nH]c(=O)c3n2)cc1)C(=O)O.C#CCOCC(COCC#C)(COCC#C)CC(=O)CCOCCOCCOCCOCCOCCOCCCC(=O)CC[C@H](NC(=O)c1ccc(NCc2cnc3nc(N)[nH]c(=O)c3n2)cc1)C(=O)OC(C)(C)C. The average molecular weight is 2040 g/mol. The predicted molar refractivity (Wildman–Crippen MR) is 536 cm³/mol. The van der Waals surface area contributed by atoms with Crippen molar-refractivity contribution in [2.45, 2.75) is 129 Å². The fraction of sp³-hybridized carbons (Fsp3) is 0.569. The van der Waals surface area contributed by atoms with Crippen molar-refractivity contribution in [2.75, 3.05) is 260 Å². The molecular weight excluding hydrogens is 1900 g/mol. The molecule has 796 valence electrons. The van der Waals surface area contributed by atoms with Gasteiger partial charge in [-0.2, -0.15) is 9.97 Å². The first-order chi connectivity index (χ1) is 70.7. The van der Waals surface area contributed by atoms with Crippen molar-refractivity contribution in [3.05, 3.63) is 104 Å². The number of H-pyrrole nitrogens is 2. The van der Waals surface area contributed by atoms with Crippen LogP contribution in [0.25, 0.3) is 22.3 Å². The molecule has 0 saturated heterocycles. The van der Waals surface area contributed by atoms with E-state index in [4.69, 9.17) is 140 Å². The van der Waals surface area contributed by atoms with Gasteiger partial charge in [0.25, 0.3) is 22.9 Å². The van der Waals surface area contributed by atoms with Gasteiger partial charge in [0, 0.05) is 97.9 Å². The number of carboxylic acids is 1. The number of amides is 2. The minimum Gasteiger partial charge on any atom is -0.480 e. The maximum atomic E-state index is 13.2. The van der Waals surface area contributed by atoms with Crippen LogP contribution in [0.1, 0.15) is 130 Å². The molecule has 2 atom stereocenters. The van der Waals surface area contributed by atoms with E-state index in [-0.39, 0.29) is 233 Å². The van der Waals surface area contributed by atoms with Gasteiger partial charge >= 0.3 is 11.9 Å². The summed E-state index contributed by atoms with van der Waals surface area (Å²) in [6.45, 7) is 15.2. The lowest BCUT2D eigenvalue weighted by Gasteiger charge is -2.32. The van der Waals surface area contributed by atoms with Gasteiger partial charge < -0.3 is 128 Å². The van der Waals surface area contributed by atoms with Crippen LogP contribution in [-0.2, 0) is 132 Å². The number of esters is 1. The molecule has 0 saturated carbocycles. The van der Waals surface area contributed by atoms with E-state index in [9.17, 15) is 53.1 Å². The number of rotatable bonds is 84. The molecule has 2 amide bonds. The van der Waals surface area contributed by atoms with E-state index in [2.05, 4.69) is 96.7 Å². The zero-order valence-electron chi connectivity index (χ0n) is 83.4. The second-order valence-electron chi connectivity index (χ2n) is 33.6. The number of Topliss-reactive ketones (excluding diaryl/α,β-unsaturated/α-hetero) is 4. The minimum atomic E-state index is -1.25. The Morgan fingerprint density at radius 2 is 0.651 bits per heavy atom. The van der Waals surface area contributed by atoms with E-state index in [0.717, 1.165) is 0 Å². The van der Waals surface area contributed by atoms with Gasteiger partial charge in [-0.25, -0.2) is 29.5 Å². The van der Waals surface area contributed by atoms with Crippen LogP contribution in [0.4, 0.5) is 23.3 Å². The highest BCUT2D eigenvalue weighted by Gasteiger charge is 2.37. The minimum absolute atomic E-state index is 0.0231. The highest BCUT2D eigenvalue weighted by Crippen LogP contribution is 2.28. The van der Waals surface area contributed by atoms with Crippen LogP contribution >= 0.6 is 0 Å². The summed E-state index contributed by atoms with van der Waals surface area (Å²) in [4.78, 5) is 156. The van der Waals surface area contributed by atoms with E-state index in [1.165, 1.54) is 24.5 Å². The topological polar surface area (TPSA) is 575 Å². The first-order valence-corrected chi connectivity index (χ1v) is 47.5. The van der Waals surface area contributed by atoms with Crippen LogP contribution in [0, 0.1) is 84.9 Å². The van der Waals surface area contributed by atoms with Crippen LogP contribution in [0.5, 0.6) is 0 Å². The number of ether oxygens (including phenoxy) is 19. The van der Waals surface area contributed by atoms with Crippen LogP contribution in [0.15, 0.2) is 70.5 Å². The largest absolute Gasteiger partial charge is 0.480 e. The number of nitrogens with zero attached hydrogens (tertiary/aromatic N) is 6. The number of nitrogens with two attached hydrogens (primary N) is 2. The molecular formula is C102H138N14O30. The van der Waals surface area contributed by atoms with E-state index >= 15 is 0 Å². The highest BCUT2D eigenvalue weighted by molar-refractivity contribution is 5.98. The van der Waals surface area contributed by atoms with Gasteiger partial charge in [0.2, 0.25) is 11.9 Å². The lowest BCUT2D eigenvalue weighted by molar-refractivity contribution is -0.157. The summed E-state index contributed by atoms with van der Waals surface area (Å²) in [5.41, 5.74) is 10.8. The molecule has 6 rings (SSSR count). The zero-order chi connectivity index (χ0) is 106. The standard InChI is InChI=1S/C53H73N7O15.C49H65N7O15/c1-7-19-72-37-53(38-73-20-8-2,39-74-21-9-3)34-44(62)18-23-67-25-27-69-29-31-71-33-32-70-30-28-68-26-24-66-22-10-11-43(61)16-17-45(50(65)75-52(4,5)6)58-48(63)40-12-14-41(15-13-40)55-35-42-36-56-47-46(57-42)49(64)60-51(54)59-47;1-4-16-69-34-49(35-70-17-5-2,36-71-18-6-3)31-41(58)15-20-64-22-24-66-26-28-68-30-29-67-27-25-65-23-21-63-19-7-8-40(57)13-14-42(47(61)62)54-45(59)37-9-11-38(12-10-37)51-32-39-33-52-44-43(53-39)46(60)56-48(50)55-44/h1-3,12-15,36,45,55H,10-11,16-35,37-39H2,4-6H3,(H,58,63)(H3,54,56,59,60,64);1-3,9-12,33,42,51H,7-8,13-32,34-36H2,(H,54,59)(H,61,62)(H3,50,52,55,56,60)/t45-;42-/m00/s1. The molecule has 4 aromatic heterocycles. The van der Waals surface area contributed by atoms with Gasteiger partial charge in [-0.1, -0.05) is 35.5 Å². The number of carbonyl (C=O) groups is 8. The Labute approximate surface area is 850 Å². The highest BCUT2D eigenvalue weighted by atomic mass is 16.6. The molecule has 0 aliphatic carbocycles. The molecule has 0 fully saturated rings. The second kappa shape index (κ2) is 75.1. The first kappa shape index (κ1) is 124. The lowest BCUT2D eigenvalue weighted by atomic mass is 9.84. The van der Waals surface area contributed by atoms with Gasteiger partial charge in [0.1, 0.15) is 80.5 Å². The van der Waals surface area contributed by atoms with Crippen LogP contribution in [0.3, 0.4) is 0 Å². The number of nitrogens with one attached hydrogen (secondary N) is 6. The quantitative estimate of drug-likeness (QED) is 0.0144. The Kier molecular flexibility index (Phi) is 63.6. The average Bonchev–Trinajstić information content (AvgIpc) is 0.809. The Morgan fingerprint density at radius 3 is 0.938 bits per heavy atom. The van der Waals surface area contributed by atoms with Gasteiger partial charge in [-0.3, -0.25) is 48.3 Å². The predicted octanol–water partition coefficient (Wildman–Crippen LogP) is 4.47. The second-order valence-corrected chi connectivity index (χ2v) is 33.6. The molecule has 44 nitrogen and oxygen atoms in total. The number of benzene rings is 2. The van der Waals surface area contributed by atoms with Gasteiger partial charge in [-0.05, 0) is 95.0 Å². The summed E-state index contributed by atoms with van der Waals surface area (Å²) in [5, 5.41) is 21.2. The van der Waals surface area contributed by atoms with Crippen molar-refractivity contribution in [1.82, 2.24) is 50.5 Å². The van der Waals surface area contributed by atoms with Gasteiger partial charge in [0.15, 0.2) is 22.3 Å². The number of fused-ring (bicyclic) bond motifs is 2. The molecule has 44 heteroatoms. The number of aromatic nitrogens is 8. The van der Waals surface area contributed by atoms with Crippen molar-refractivity contribution in [3.63, 3.8) is 0 Å². The monoisotopic (exact) mass is 2040 g/mol. The molecule has 0 unspecified atom stereocenters. The Morgan fingerprint density at radius 1 is 0.370 bits per heavy atom. The summed E-state index contributed by atoms with van der Waals surface area (Å²) in [7, 11) is 0. The van der Waals surface area contributed by atoms with Crippen molar-refractivity contribution < 1.29 is 133 Å². The zero-order valence-corrected chi connectivity index (χ0v) is 83.4. The molecule has 0 aliphatic heterocycles. The number of terminal acetylenes is 6. The summed E-state index contributed by atoms with van der Waals surface area (Å²) >= 11 is 0. The number of hydrogen-bond acceptors (Lipinski definition) is 39. The van der Waals surface area contributed by atoms with E-state index in [1.807, 2.05) is 0 Å². The van der Waals surface area contributed by atoms with Crippen LogP contribution < -0.4 is 43.9 Å². The van der Waals surface area contributed by atoms with E-state index in [1.54, 1.807) is 57.2 Å². The first-order valence-electron chi connectivity index (χ1n) is 47.5. The number of nitrogen functional groups attached to an aromatic ring is 2. The van der Waals surface area contributed by atoms with Gasteiger partial charge in [0.05, 0.1) is 222 Å². The molecule has 2 aromatic carbocycles. The molecule has 4 heterocycles. The smallest absolute Gasteiger partial charge is 0.329 e. The normalized spacial score (nSPS) is 11.7. The number of carbonyl (C=O) groups excluding carboxylic acids is 7. The molecule has 0 radical (unpaired) electrons. The van der Waals surface area contributed by atoms with E-state index in [0.29, 0.717) is 187 Å². The van der Waals surface area contributed by atoms with Crippen molar-refractivity contribution >= 4 is 92.5 Å². The summed E-state index contributed by atoms with van der Waals surface area (Å²) in [6.07, 6.45) is 36.8. The summed E-state index contributed by atoms with van der Waals surface area (Å²) < 4.78 is 105. The van der Waals surface area contributed by atoms with Crippen LogP contribution in [0.2, 0.25) is 0 Å². The lowest BCUT2D eigenvalue weighted by Crippen LogP contribution is -2.44. The molecule has 0 aliphatic rings. The number of carboxylic acid groups (broad SMARTS) is 1. The van der Waals surface area contributed by atoms with E-state index < -0.39 is 63.4 Å². The van der Waals surface area contributed by atoms with Crippen LogP contribution in [-0.4, -0.2) is 347 Å². The summed E-state index contributed by atoms with van der Waals surface area (Å²) in [5.74, 6) is 11.0. The fourth-order valence-electron chi connectivity index (χ4n) is 13.2. The Hall–Kier alpha value is -12.7. The number of ketones is 4. The van der Waals surface area contributed by atoms with Crippen molar-refractivity contribution in [3.8, 4) is 74.1 Å². The van der Waals surface area contributed by atoms with Crippen molar-refractivity contribution in [2.24, 2.45) is 10.8 Å². The number of aliphatic carboxylic acids is 1. The molecule has 0 bridgehead atoms.